The number of ether oxygens (including phenoxy) is 1. The Balaban J connectivity index is 2.18. The second-order valence-corrected chi connectivity index (χ2v) is 3.33. The molecular formula is C13H10NO2. The summed E-state index contributed by atoms with van der Waals surface area (Å²) in [7, 11) is 0. The van der Waals surface area contributed by atoms with Gasteiger partial charge in [0.15, 0.2) is 0 Å². The van der Waals surface area contributed by atoms with E-state index in [1.807, 2.05) is 13.0 Å². The molecule has 2 rings (SSSR count). The van der Waals surface area contributed by atoms with Gasteiger partial charge in [-0.25, -0.2) is 4.79 Å². The number of hydrogen-bond acceptors (Lipinski definition) is 3. The third kappa shape index (κ3) is 2.25. The molecule has 0 spiro atoms. The number of esters is 1. The minimum absolute atomic E-state index is 0.372. The number of rotatable bonds is 2. The summed E-state index contributed by atoms with van der Waals surface area (Å²) in [6, 6.07) is 10.4. The van der Waals surface area contributed by atoms with Crippen molar-refractivity contribution >= 4 is 5.97 Å². The molecule has 0 aliphatic heterocycles. The molecular weight excluding hydrogens is 202 g/mol. The Morgan fingerprint density at radius 3 is 2.75 bits per heavy atom. The van der Waals surface area contributed by atoms with E-state index in [4.69, 9.17) is 4.74 Å². The Labute approximate surface area is 93.7 Å². The normalized spacial score (nSPS) is 9.81. The van der Waals surface area contributed by atoms with Crippen LogP contribution in [-0.2, 0) is 0 Å². The molecule has 0 saturated carbocycles. The molecule has 3 heteroatoms. The Hall–Kier alpha value is -2.16. The molecule has 79 valence electrons. The number of benzene rings is 1. The largest absolute Gasteiger partial charge is 0.423 e. The highest BCUT2D eigenvalue weighted by Gasteiger charge is 2.08. The molecule has 1 aromatic heterocycles. The van der Waals surface area contributed by atoms with Gasteiger partial charge in [-0.1, -0.05) is 18.2 Å². The molecule has 0 amide bonds. The van der Waals surface area contributed by atoms with Gasteiger partial charge in [-0.2, -0.15) is 0 Å². The Morgan fingerprint density at radius 1 is 1.31 bits per heavy atom. The minimum Gasteiger partial charge on any atom is -0.423 e. The topological polar surface area (TPSA) is 39.2 Å². The Kier molecular flexibility index (Phi) is 2.96. The molecule has 1 radical (unpaired) electrons. The summed E-state index contributed by atoms with van der Waals surface area (Å²) in [5.74, 6) is 0.118. The average molecular weight is 212 g/mol. The van der Waals surface area contributed by atoms with Gasteiger partial charge in [0.2, 0.25) is 0 Å². The van der Waals surface area contributed by atoms with Crippen LogP contribution in [0.1, 0.15) is 15.9 Å². The molecule has 0 bridgehead atoms. The number of hydrogen-bond donors (Lipinski definition) is 0. The van der Waals surface area contributed by atoms with Crippen molar-refractivity contribution in [2.24, 2.45) is 0 Å². The summed E-state index contributed by atoms with van der Waals surface area (Å²) in [5, 5.41) is 0. The van der Waals surface area contributed by atoms with E-state index in [2.05, 4.69) is 11.2 Å². The SMILES string of the molecule is Cc1cn[c]cc1OC(=O)c1ccccc1. The van der Waals surface area contributed by atoms with E-state index < -0.39 is 0 Å². The van der Waals surface area contributed by atoms with E-state index in [1.54, 1.807) is 36.5 Å². The monoisotopic (exact) mass is 212 g/mol. The van der Waals surface area contributed by atoms with Gasteiger partial charge in [0, 0.05) is 17.8 Å². The molecule has 1 aromatic carbocycles. The number of nitrogens with zero attached hydrogens (tertiary/aromatic N) is 1. The van der Waals surface area contributed by atoms with Crippen molar-refractivity contribution < 1.29 is 9.53 Å². The molecule has 0 aliphatic rings. The van der Waals surface area contributed by atoms with Crippen LogP contribution in [0.2, 0.25) is 0 Å². The number of carbonyl (C=O) groups is 1. The van der Waals surface area contributed by atoms with Gasteiger partial charge in [-0.15, -0.1) is 0 Å². The average Bonchev–Trinajstić information content (AvgIpc) is 2.33. The fraction of sp³-hybridized carbons (Fsp3) is 0.0769. The van der Waals surface area contributed by atoms with Crippen LogP contribution < -0.4 is 4.74 Å². The van der Waals surface area contributed by atoms with Crippen molar-refractivity contribution in [2.45, 2.75) is 6.92 Å². The van der Waals surface area contributed by atoms with Gasteiger partial charge in [0.05, 0.1) is 11.8 Å². The van der Waals surface area contributed by atoms with Crippen molar-refractivity contribution in [3.63, 3.8) is 0 Å². The number of aromatic nitrogens is 1. The molecule has 1 heterocycles. The van der Waals surface area contributed by atoms with Crippen LogP contribution in [0.25, 0.3) is 0 Å². The molecule has 0 N–H and O–H groups in total. The molecule has 2 aromatic rings. The van der Waals surface area contributed by atoms with Crippen molar-refractivity contribution in [3.8, 4) is 5.75 Å². The highest BCUT2D eigenvalue weighted by Crippen LogP contribution is 2.16. The third-order valence-corrected chi connectivity index (χ3v) is 2.13. The van der Waals surface area contributed by atoms with Gasteiger partial charge in [-0.05, 0) is 19.1 Å². The predicted octanol–water partition coefficient (Wildman–Crippen LogP) is 2.41. The van der Waals surface area contributed by atoms with Gasteiger partial charge in [0.25, 0.3) is 0 Å². The summed E-state index contributed by atoms with van der Waals surface area (Å²) in [6.07, 6.45) is 4.24. The van der Waals surface area contributed by atoms with E-state index >= 15 is 0 Å². The lowest BCUT2D eigenvalue weighted by Crippen LogP contribution is -2.09. The second-order valence-electron chi connectivity index (χ2n) is 3.33. The van der Waals surface area contributed by atoms with Crippen molar-refractivity contribution in [1.29, 1.82) is 0 Å². The van der Waals surface area contributed by atoms with Gasteiger partial charge >= 0.3 is 5.97 Å². The zero-order chi connectivity index (χ0) is 11.4. The van der Waals surface area contributed by atoms with Gasteiger partial charge in [0.1, 0.15) is 5.75 Å². The first-order valence-electron chi connectivity index (χ1n) is 4.87. The van der Waals surface area contributed by atoms with Crippen LogP contribution in [0.5, 0.6) is 5.75 Å². The first-order chi connectivity index (χ1) is 7.77. The first-order valence-corrected chi connectivity index (χ1v) is 4.87. The van der Waals surface area contributed by atoms with E-state index in [1.165, 1.54) is 0 Å². The van der Waals surface area contributed by atoms with E-state index in [-0.39, 0.29) is 5.97 Å². The Bertz CT molecular complexity index is 494. The van der Waals surface area contributed by atoms with Crippen LogP contribution in [0.4, 0.5) is 0 Å². The maximum Gasteiger partial charge on any atom is 0.343 e. The highest BCUT2D eigenvalue weighted by atomic mass is 16.5. The second kappa shape index (κ2) is 4.57. The summed E-state index contributed by atoms with van der Waals surface area (Å²) < 4.78 is 5.22. The lowest BCUT2D eigenvalue weighted by atomic mass is 10.2. The molecule has 0 aliphatic carbocycles. The lowest BCUT2D eigenvalue weighted by Gasteiger charge is -2.05. The van der Waals surface area contributed by atoms with Gasteiger partial charge in [-0.3, -0.25) is 4.98 Å². The van der Waals surface area contributed by atoms with E-state index in [9.17, 15) is 4.79 Å². The van der Waals surface area contributed by atoms with Crippen molar-refractivity contribution in [2.75, 3.05) is 0 Å². The van der Waals surface area contributed by atoms with Crippen molar-refractivity contribution in [3.05, 3.63) is 59.9 Å². The van der Waals surface area contributed by atoms with E-state index in [0.29, 0.717) is 11.3 Å². The number of carbonyl (C=O) groups excluding carboxylic acids is 1. The van der Waals surface area contributed by atoms with E-state index in [0.717, 1.165) is 5.56 Å². The maximum atomic E-state index is 11.7. The number of pyridine rings is 1. The first kappa shape index (κ1) is 10.4. The highest BCUT2D eigenvalue weighted by molar-refractivity contribution is 5.91. The summed E-state index contributed by atoms with van der Waals surface area (Å²) in [6.45, 7) is 1.83. The van der Waals surface area contributed by atoms with Crippen LogP contribution in [0.15, 0.2) is 42.6 Å². The quantitative estimate of drug-likeness (QED) is 0.717. The fourth-order valence-electron chi connectivity index (χ4n) is 1.25. The molecule has 0 fully saturated rings. The zero-order valence-electron chi connectivity index (χ0n) is 8.81. The predicted molar refractivity (Wildman–Crippen MR) is 59.2 cm³/mol. The van der Waals surface area contributed by atoms with Crippen LogP contribution in [0, 0.1) is 13.1 Å². The molecule has 0 unspecified atom stereocenters. The summed E-state index contributed by atoms with van der Waals surface area (Å²) in [5.41, 5.74) is 1.33. The van der Waals surface area contributed by atoms with Crippen LogP contribution in [0.3, 0.4) is 0 Å². The van der Waals surface area contributed by atoms with Crippen LogP contribution >= 0.6 is 0 Å². The Morgan fingerprint density at radius 2 is 2.06 bits per heavy atom. The molecule has 0 atom stereocenters. The molecule has 0 saturated heterocycles. The summed E-state index contributed by atoms with van der Waals surface area (Å²) in [4.78, 5) is 15.5. The fourth-order valence-corrected chi connectivity index (χ4v) is 1.25. The smallest absolute Gasteiger partial charge is 0.343 e. The van der Waals surface area contributed by atoms with Crippen LogP contribution in [-0.4, -0.2) is 11.0 Å². The van der Waals surface area contributed by atoms with Crippen molar-refractivity contribution in [1.82, 2.24) is 4.98 Å². The molecule has 3 nitrogen and oxygen atoms in total. The third-order valence-electron chi connectivity index (χ3n) is 2.13. The minimum atomic E-state index is -0.372. The maximum absolute atomic E-state index is 11.7. The molecule has 16 heavy (non-hydrogen) atoms. The standard InChI is InChI=1S/C13H10NO2/c1-10-9-14-8-7-12(10)16-13(15)11-5-3-2-4-6-11/h2-7,9H,1H3. The lowest BCUT2D eigenvalue weighted by molar-refractivity contribution is 0.0733. The zero-order valence-corrected chi connectivity index (χ0v) is 8.81. The number of aryl methyl sites for hydroxylation is 1. The van der Waals surface area contributed by atoms with Gasteiger partial charge < -0.3 is 4.74 Å². The summed E-state index contributed by atoms with van der Waals surface area (Å²) >= 11 is 0.